The highest BCUT2D eigenvalue weighted by molar-refractivity contribution is 6.32. The van der Waals surface area contributed by atoms with Crippen LogP contribution in [0.1, 0.15) is 42.2 Å². The second-order valence-electron chi connectivity index (χ2n) is 7.73. The molecular weight excluding hydrogens is 458 g/mol. The molecule has 0 aliphatic carbocycles. The van der Waals surface area contributed by atoms with Gasteiger partial charge < -0.3 is 14.6 Å². The molecule has 3 aromatic rings. The fourth-order valence-corrected chi connectivity index (χ4v) is 4.17. The number of para-hydroxylation sites is 1. The predicted octanol–water partition coefficient (Wildman–Crippen LogP) is 5.58. The van der Waals surface area contributed by atoms with Crippen molar-refractivity contribution in [3.63, 3.8) is 0 Å². The summed E-state index contributed by atoms with van der Waals surface area (Å²) in [4.78, 5) is 15.8. The fraction of sp³-hybridized carbons (Fsp3) is 0.240. The smallest absolute Gasteiger partial charge is 0.288 e. The highest BCUT2D eigenvalue weighted by Gasteiger charge is 2.30. The van der Waals surface area contributed by atoms with Gasteiger partial charge in [-0.1, -0.05) is 41.9 Å². The molecule has 176 valence electrons. The molecule has 8 nitrogen and oxygen atoms in total. The van der Waals surface area contributed by atoms with Crippen LogP contribution in [0.4, 0.5) is 5.69 Å². The van der Waals surface area contributed by atoms with Gasteiger partial charge in [-0.3, -0.25) is 20.4 Å². The van der Waals surface area contributed by atoms with Gasteiger partial charge in [0.05, 0.1) is 18.6 Å². The number of hydrogen-bond acceptors (Lipinski definition) is 7. The van der Waals surface area contributed by atoms with Crippen LogP contribution < -0.4 is 14.8 Å². The number of nitrogens with zero attached hydrogens (tertiary/aromatic N) is 2. The standard InChI is InChI=1S/C25H24ClN3O5/c1-3-34-23-9-5-8-18(24(23)30)21-14-20(15-6-4-7-17(12-15)33-2)27-25(28-21)16-10-11-19(26)22(13-16)29(31)32/h4-13,21,25,28,30H,3,14H2,1-2H3/t21-,25-/m0/s1. The minimum absolute atomic E-state index is 0.0505. The van der Waals surface area contributed by atoms with E-state index in [1.807, 2.05) is 43.3 Å². The van der Waals surface area contributed by atoms with Crippen molar-refractivity contribution >= 4 is 23.0 Å². The third-order valence-corrected chi connectivity index (χ3v) is 5.95. The van der Waals surface area contributed by atoms with Gasteiger partial charge in [0.25, 0.3) is 5.69 Å². The summed E-state index contributed by atoms with van der Waals surface area (Å²) in [6.07, 6.45) is -0.131. The van der Waals surface area contributed by atoms with Gasteiger partial charge in [0.2, 0.25) is 0 Å². The molecule has 0 spiro atoms. The first kappa shape index (κ1) is 23.5. The van der Waals surface area contributed by atoms with Gasteiger partial charge in [0.15, 0.2) is 11.5 Å². The summed E-state index contributed by atoms with van der Waals surface area (Å²) >= 11 is 6.02. The number of phenolic OH excluding ortho intramolecular Hbond substituents is 1. The van der Waals surface area contributed by atoms with E-state index < -0.39 is 11.1 Å². The Morgan fingerprint density at radius 3 is 2.74 bits per heavy atom. The zero-order valence-electron chi connectivity index (χ0n) is 18.7. The fourth-order valence-electron chi connectivity index (χ4n) is 3.99. The van der Waals surface area contributed by atoms with E-state index in [-0.39, 0.29) is 22.5 Å². The van der Waals surface area contributed by atoms with E-state index in [2.05, 4.69) is 5.32 Å². The number of nitro groups is 1. The molecule has 1 heterocycles. The molecule has 0 bridgehead atoms. The average molecular weight is 482 g/mol. The van der Waals surface area contributed by atoms with Crippen LogP contribution in [0, 0.1) is 10.1 Å². The number of nitrogens with one attached hydrogen (secondary N) is 1. The lowest BCUT2D eigenvalue weighted by atomic mass is 9.93. The van der Waals surface area contributed by atoms with Crippen LogP contribution in [-0.2, 0) is 0 Å². The number of aromatic hydroxyl groups is 1. The van der Waals surface area contributed by atoms with E-state index in [0.717, 1.165) is 11.3 Å². The molecular formula is C25H24ClN3O5. The zero-order valence-corrected chi connectivity index (χ0v) is 19.5. The number of nitro benzene ring substituents is 1. The van der Waals surface area contributed by atoms with Crippen LogP contribution in [0.15, 0.2) is 65.7 Å². The molecule has 2 atom stereocenters. The molecule has 9 heteroatoms. The highest BCUT2D eigenvalue weighted by atomic mass is 35.5. The quantitative estimate of drug-likeness (QED) is 0.337. The number of methoxy groups -OCH3 is 1. The number of benzene rings is 3. The first-order valence-corrected chi connectivity index (χ1v) is 11.1. The lowest BCUT2D eigenvalue weighted by Crippen LogP contribution is -2.33. The Morgan fingerprint density at radius 1 is 1.21 bits per heavy atom. The summed E-state index contributed by atoms with van der Waals surface area (Å²) in [6, 6.07) is 17.2. The van der Waals surface area contributed by atoms with Gasteiger partial charge in [-0.15, -0.1) is 0 Å². The number of rotatable bonds is 7. The van der Waals surface area contributed by atoms with Crippen molar-refractivity contribution in [2.24, 2.45) is 4.99 Å². The molecule has 0 amide bonds. The van der Waals surface area contributed by atoms with E-state index in [0.29, 0.717) is 35.7 Å². The Bertz CT molecular complexity index is 1250. The van der Waals surface area contributed by atoms with Crippen molar-refractivity contribution in [3.8, 4) is 17.2 Å². The second-order valence-corrected chi connectivity index (χ2v) is 8.14. The minimum Gasteiger partial charge on any atom is -0.504 e. The molecule has 0 saturated heterocycles. The average Bonchev–Trinajstić information content (AvgIpc) is 2.85. The molecule has 0 radical (unpaired) electrons. The summed E-state index contributed by atoms with van der Waals surface area (Å²) in [5.41, 5.74) is 2.67. The Morgan fingerprint density at radius 2 is 2.00 bits per heavy atom. The molecule has 2 N–H and O–H groups in total. The Kier molecular flexibility index (Phi) is 7.00. The van der Waals surface area contributed by atoms with E-state index in [1.54, 1.807) is 19.2 Å². The largest absolute Gasteiger partial charge is 0.504 e. The Labute approximate surface area is 202 Å². The molecule has 3 aromatic carbocycles. The van der Waals surface area contributed by atoms with Crippen molar-refractivity contribution < 1.29 is 19.5 Å². The lowest BCUT2D eigenvalue weighted by Gasteiger charge is -2.31. The lowest BCUT2D eigenvalue weighted by molar-refractivity contribution is -0.384. The van der Waals surface area contributed by atoms with Crippen molar-refractivity contribution in [1.29, 1.82) is 0 Å². The van der Waals surface area contributed by atoms with Crippen molar-refractivity contribution in [2.75, 3.05) is 13.7 Å². The molecule has 1 aliphatic rings. The third kappa shape index (κ3) is 4.83. The van der Waals surface area contributed by atoms with Gasteiger partial charge in [-0.05, 0) is 42.3 Å². The van der Waals surface area contributed by atoms with Crippen LogP contribution in [0.3, 0.4) is 0 Å². The number of ether oxygens (including phenoxy) is 2. The number of aliphatic imine (C=N–C) groups is 1. The topological polar surface area (TPSA) is 106 Å². The van der Waals surface area contributed by atoms with Crippen LogP contribution in [0.25, 0.3) is 0 Å². The monoisotopic (exact) mass is 481 g/mol. The predicted molar refractivity (Wildman–Crippen MR) is 130 cm³/mol. The summed E-state index contributed by atoms with van der Waals surface area (Å²) in [6.45, 7) is 2.27. The second kappa shape index (κ2) is 10.1. The van der Waals surface area contributed by atoms with Gasteiger partial charge in [0.1, 0.15) is 16.9 Å². The van der Waals surface area contributed by atoms with Gasteiger partial charge in [-0.2, -0.15) is 0 Å². The summed E-state index contributed by atoms with van der Waals surface area (Å²) in [5, 5.41) is 25.8. The van der Waals surface area contributed by atoms with Crippen LogP contribution in [0.2, 0.25) is 5.02 Å². The number of hydrogen-bond donors (Lipinski definition) is 2. The summed E-state index contributed by atoms with van der Waals surface area (Å²) < 4.78 is 10.9. The molecule has 0 saturated carbocycles. The van der Waals surface area contributed by atoms with Crippen LogP contribution >= 0.6 is 11.6 Å². The van der Waals surface area contributed by atoms with E-state index in [9.17, 15) is 15.2 Å². The van der Waals surface area contributed by atoms with Gasteiger partial charge >= 0.3 is 0 Å². The van der Waals surface area contributed by atoms with E-state index in [1.165, 1.54) is 12.1 Å². The van der Waals surface area contributed by atoms with Crippen molar-refractivity contribution in [3.05, 3.63) is 92.5 Å². The number of halogens is 1. The summed E-state index contributed by atoms with van der Waals surface area (Å²) in [5.74, 6) is 1.13. The van der Waals surface area contributed by atoms with Crippen molar-refractivity contribution in [2.45, 2.75) is 25.6 Å². The Balaban J connectivity index is 1.80. The molecule has 0 aromatic heterocycles. The molecule has 0 unspecified atom stereocenters. The first-order chi connectivity index (χ1) is 16.4. The number of phenols is 1. The molecule has 0 fully saturated rings. The summed E-state index contributed by atoms with van der Waals surface area (Å²) in [7, 11) is 1.60. The molecule has 34 heavy (non-hydrogen) atoms. The zero-order chi connectivity index (χ0) is 24.2. The first-order valence-electron chi connectivity index (χ1n) is 10.8. The van der Waals surface area contributed by atoms with E-state index >= 15 is 0 Å². The van der Waals surface area contributed by atoms with Gasteiger partial charge in [0, 0.05) is 29.8 Å². The molecule has 1 aliphatic heterocycles. The SMILES string of the molecule is CCOc1cccc([C@@H]2CC(c3cccc(OC)c3)=N[C@H](c3ccc(Cl)c([N+](=O)[O-])c3)N2)c1O. The normalized spacial score (nSPS) is 17.7. The molecule has 4 rings (SSSR count). The van der Waals surface area contributed by atoms with E-state index in [4.69, 9.17) is 26.1 Å². The highest BCUT2D eigenvalue weighted by Crippen LogP contribution is 2.39. The van der Waals surface area contributed by atoms with Crippen LogP contribution in [0.5, 0.6) is 17.2 Å². The minimum atomic E-state index is -0.605. The maximum Gasteiger partial charge on any atom is 0.288 e. The van der Waals surface area contributed by atoms with Crippen LogP contribution in [-0.4, -0.2) is 29.5 Å². The maximum atomic E-state index is 11.4. The third-order valence-electron chi connectivity index (χ3n) is 5.63. The maximum absolute atomic E-state index is 11.4. The van der Waals surface area contributed by atoms with Gasteiger partial charge in [-0.25, -0.2) is 0 Å². The Hall–Kier alpha value is -3.62. The van der Waals surface area contributed by atoms with Crippen molar-refractivity contribution in [1.82, 2.24) is 5.32 Å².